The fourth-order valence-electron chi connectivity index (χ4n) is 2.05. The number of thioether (sulfide) groups is 1. The van der Waals surface area contributed by atoms with E-state index in [-0.39, 0.29) is 10.2 Å². The van der Waals surface area contributed by atoms with E-state index in [0.29, 0.717) is 16.2 Å². The molecule has 1 aliphatic heterocycles. The van der Waals surface area contributed by atoms with Crippen LogP contribution in [0, 0.1) is 0 Å². The predicted molar refractivity (Wildman–Crippen MR) is 96.3 cm³/mol. The average Bonchev–Trinajstić information content (AvgIpc) is 3.19. The zero-order valence-electron chi connectivity index (χ0n) is 12.6. The first-order valence-corrected chi connectivity index (χ1v) is 8.17. The third kappa shape index (κ3) is 3.34. The minimum atomic E-state index is -0.421. The lowest BCUT2D eigenvalue weighted by atomic mass is 10.2. The highest BCUT2D eigenvalue weighted by atomic mass is 32.2. The Hall–Kier alpha value is -2.58. The molecule has 3 rings (SSSR count). The predicted octanol–water partition coefficient (Wildman–Crippen LogP) is 2.57. The Labute approximate surface area is 147 Å². The van der Waals surface area contributed by atoms with Gasteiger partial charge >= 0.3 is 0 Å². The lowest BCUT2D eigenvalue weighted by Crippen LogP contribution is -2.44. The molecule has 2 aromatic rings. The van der Waals surface area contributed by atoms with Crippen molar-refractivity contribution in [1.82, 2.24) is 15.4 Å². The van der Waals surface area contributed by atoms with Gasteiger partial charge in [-0.05, 0) is 54.7 Å². The van der Waals surface area contributed by atoms with E-state index in [2.05, 4.69) is 10.4 Å². The summed E-state index contributed by atoms with van der Waals surface area (Å²) in [4.78, 5) is 28.1. The van der Waals surface area contributed by atoms with Crippen LogP contribution in [0.5, 0.6) is 5.75 Å². The molecule has 0 aliphatic carbocycles. The number of hydrogen-bond acceptors (Lipinski definition) is 5. The van der Waals surface area contributed by atoms with Crippen LogP contribution in [0.4, 0.5) is 0 Å². The molecular weight excluding hydrogens is 346 g/mol. The van der Waals surface area contributed by atoms with Crippen molar-refractivity contribution in [1.29, 1.82) is 0 Å². The van der Waals surface area contributed by atoms with Crippen LogP contribution in [0.2, 0.25) is 0 Å². The number of rotatable bonds is 4. The molecule has 0 atom stereocenters. The topological polar surface area (TPSA) is 74.4 Å². The van der Waals surface area contributed by atoms with Crippen molar-refractivity contribution < 1.29 is 14.3 Å². The molecule has 2 N–H and O–H groups in total. The number of hydrazine groups is 1. The Morgan fingerprint density at radius 3 is 2.71 bits per heavy atom. The first kappa shape index (κ1) is 16.3. The van der Waals surface area contributed by atoms with Crippen molar-refractivity contribution >= 4 is 46.2 Å². The van der Waals surface area contributed by atoms with Gasteiger partial charge in [-0.25, -0.2) is 0 Å². The molecule has 1 aromatic heterocycles. The summed E-state index contributed by atoms with van der Waals surface area (Å²) in [5, 5.41) is 1.08. The fraction of sp³-hybridized carbons (Fsp3) is 0.0625. The van der Waals surface area contributed by atoms with Gasteiger partial charge in [0.05, 0.1) is 12.0 Å². The molecule has 1 saturated heterocycles. The van der Waals surface area contributed by atoms with Gasteiger partial charge < -0.3 is 9.72 Å². The van der Waals surface area contributed by atoms with Crippen LogP contribution in [0.15, 0.2) is 47.5 Å². The number of methoxy groups -OCH3 is 1. The van der Waals surface area contributed by atoms with Gasteiger partial charge in [-0.15, -0.1) is 0 Å². The summed E-state index contributed by atoms with van der Waals surface area (Å²) in [5.74, 6) is -0.136. The van der Waals surface area contributed by atoms with Gasteiger partial charge in [0.15, 0.2) is 4.32 Å². The van der Waals surface area contributed by atoms with Gasteiger partial charge in [-0.3, -0.25) is 15.0 Å². The zero-order chi connectivity index (χ0) is 17.1. The van der Waals surface area contributed by atoms with Gasteiger partial charge in [0.25, 0.3) is 11.8 Å². The van der Waals surface area contributed by atoms with Gasteiger partial charge in [-0.2, -0.15) is 5.01 Å². The number of thiocarbonyl (C=S) groups is 1. The second-order valence-corrected chi connectivity index (χ2v) is 6.49. The highest BCUT2D eigenvalue weighted by Crippen LogP contribution is 2.31. The van der Waals surface area contributed by atoms with Crippen LogP contribution in [0.25, 0.3) is 6.08 Å². The number of amides is 2. The number of carbonyl (C=O) groups is 2. The highest BCUT2D eigenvalue weighted by molar-refractivity contribution is 8.26. The van der Waals surface area contributed by atoms with E-state index in [1.54, 1.807) is 43.6 Å². The smallest absolute Gasteiger partial charge is 0.285 e. The maximum absolute atomic E-state index is 12.4. The molecule has 0 radical (unpaired) electrons. The number of nitrogens with zero attached hydrogens (tertiary/aromatic N) is 1. The molecule has 6 nitrogen and oxygen atoms in total. The van der Waals surface area contributed by atoms with Crippen molar-refractivity contribution in [2.24, 2.45) is 0 Å². The molecule has 0 bridgehead atoms. The quantitative estimate of drug-likeness (QED) is 0.648. The summed E-state index contributed by atoms with van der Waals surface area (Å²) >= 11 is 6.32. The zero-order valence-corrected chi connectivity index (χ0v) is 14.2. The number of benzene rings is 1. The van der Waals surface area contributed by atoms with Gasteiger partial charge in [0.1, 0.15) is 5.75 Å². The van der Waals surface area contributed by atoms with Crippen molar-refractivity contribution in [3.63, 3.8) is 0 Å². The Morgan fingerprint density at radius 1 is 1.33 bits per heavy atom. The summed E-state index contributed by atoms with van der Waals surface area (Å²) < 4.78 is 5.33. The van der Waals surface area contributed by atoms with E-state index >= 15 is 0 Å². The minimum Gasteiger partial charge on any atom is -0.497 e. The number of hydrogen-bond donors (Lipinski definition) is 2. The van der Waals surface area contributed by atoms with Crippen LogP contribution in [-0.2, 0) is 4.79 Å². The molecular formula is C16H13N3O3S2. The van der Waals surface area contributed by atoms with Crippen molar-refractivity contribution in [2.45, 2.75) is 0 Å². The first-order valence-electron chi connectivity index (χ1n) is 6.95. The van der Waals surface area contributed by atoms with Gasteiger partial charge in [0.2, 0.25) is 0 Å². The molecule has 0 saturated carbocycles. The third-order valence-electron chi connectivity index (χ3n) is 3.27. The van der Waals surface area contributed by atoms with Crippen LogP contribution in [-0.4, -0.2) is 33.2 Å². The number of aromatic amines is 1. The molecule has 2 heterocycles. The van der Waals surface area contributed by atoms with E-state index in [9.17, 15) is 9.59 Å². The van der Waals surface area contributed by atoms with E-state index < -0.39 is 5.91 Å². The van der Waals surface area contributed by atoms with Gasteiger partial charge in [0, 0.05) is 17.5 Å². The summed E-state index contributed by atoms with van der Waals surface area (Å²) in [7, 11) is 1.55. The number of H-pyrrole nitrogens is 1. The largest absolute Gasteiger partial charge is 0.497 e. The Bertz CT molecular complexity index is 814. The first-order chi connectivity index (χ1) is 11.6. The Morgan fingerprint density at radius 2 is 2.08 bits per heavy atom. The lowest BCUT2D eigenvalue weighted by molar-refractivity contribution is -0.123. The standard InChI is InChI=1S/C16H13N3O3S2/c1-22-12-6-4-10(5-7-12)14(20)18-19-15(21)13(24-16(19)23)9-11-3-2-8-17-11/h2-9,17H,1H3,(H,18,20). The molecule has 122 valence electrons. The van der Waals surface area contributed by atoms with Crippen molar-refractivity contribution in [3.05, 3.63) is 58.8 Å². The number of carbonyl (C=O) groups excluding carboxylic acids is 2. The number of aromatic nitrogens is 1. The number of ether oxygens (including phenoxy) is 1. The third-order valence-corrected chi connectivity index (χ3v) is 4.57. The molecule has 1 aromatic carbocycles. The molecule has 0 spiro atoms. The second-order valence-electron chi connectivity index (χ2n) is 4.81. The van der Waals surface area contributed by atoms with Crippen molar-refractivity contribution in [2.75, 3.05) is 7.11 Å². The molecule has 2 amide bonds. The lowest BCUT2D eigenvalue weighted by Gasteiger charge is -2.15. The second kappa shape index (κ2) is 6.90. The SMILES string of the molecule is COc1ccc(C(=O)NN2C(=O)C(=Cc3ccc[nH]3)SC2=S)cc1. The van der Waals surface area contributed by atoms with E-state index in [0.717, 1.165) is 22.5 Å². The maximum atomic E-state index is 12.4. The van der Waals surface area contributed by atoms with E-state index in [1.165, 1.54) is 0 Å². The minimum absolute atomic E-state index is 0.277. The average molecular weight is 359 g/mol. The molecule has 1 aliphatic rings. The summed E-state index contributed by atoms with van der Waals surface area (Å²) in [6.45, 7) is 0. The molecule has 8 heteroatoms. The van der Waals surface area contributed by atoms with Crippen LogP contribution in [0.1, 0.15) is 16.1 Å². The van der Waals surface area contributed by atoms with Crippen molar-refractivity contribution in [3.8, 4) is 5.75 Å². The summed E-state index contributed by atoms with van der Waals surface area (Å²) in [5.41, 5.74) is 3.72. The van der Waals surface area contributed by atoms with Crippen LogP contribution >= 0.6 is 24.0 Å². The van der Waals surface area contributed by atoms with E-state index in [1.807, 2.05) is 12.1 Å². The van der Waals surface area contributed by atoms with Crippen LogP contribution < -0.4 is 10.2 Å². The monoisotopic (exact) mass is 359 g/mol. The number of nitrogens with one attached hydrogen (secondary N) is 2. The van der Waals surface area contributed by atoms with E-state index in [4.69, 9.17) is 17.0 Å². The Balaban J connectivity index is 1.73. The summed E-state index contributed by atoms with van der Waals surface area (Å²) in [6, 6.07) is 10.2. The highest BCUT2D eigenvalue weighted by Gasteiger charge is 2.33. The van der Waals surface area contributed by atoms with Gasteiger partial charge in [-0.1, -0.05) is 11.8 Å². The maximum Gasteiger partial charge on any atom is 0.285 e. The fourth-order valence-corrected chi connectivity index (χ4v) is 3.22. The molecule has 0 unspecified atom stereocenters. The molecule has 24 heavy (non-hydrogen) atoms. The van der Waals surface area contributed by atoms with Crippen LogP contribution in [0.3, 0.4) is 0 Å². The normalized spacial score (nSPS) is 15.9. The summed E-state index contributed by atoms with van der Waals surface area (Å²) in [6.07, 6.45) is 3.46. The molecule has 1 fully saturated rings. The Kier molecular flexibility index (Phi) is 4.68.